The standard InChI is InChI=1S/C11H11BrN4O/c1-2-7-5-14-16-10(7)15-11(17)9-4-3-8(12)6-13-9/h3-6H,2H2,1H3,(H2,14,15,16,17). The Morgan fingerprint density at radius 2 is 2.29 bits per heavy atom. The van der Waals surface area contributed by atoms with Gasteiger partial charge in [-0.15, -0.1) is 0 Å². The zero-order chi connectivity index (χ0) is 12.3. The summed E-state index contributed by atoms with van der Waals surface area (Å²) < 4.78 is 0.838. The first kappa shape index (κ1) is 11.8. The summed E-state index contributed by atoms with van der Waals surface area (Å²) in [5.74, 6) is 0.374. The fraction of sp³-hybridized carbons (Fsp3) is 0.182. The molecular weight excluding hydrogens is 284 g/mol. The summed E-state index contributed by atoms with van der Waals surface area (Å²) in [6, 6.07) is 3.43. The molecule has 2 rings (SSSR count). The number of pyridine rings is 1. The molecule has 2 aromatic heterocycles. The number of aromatic amines is 1. The molecule has 0 saturated heterocycles. The number of anilines is 1. The van der Waals surface area contributed by atoms with Crippen LogP contribution in [-0.2, 0) is 6.42 Å². The number of carbonyl (C=O) groups excluding carboxylic acids is 1. The van der Waals surface area contributed by atoms with Gasteiger partial charge in [0.15, 0.2) is 0 Å². The van der Waals surface area contributed by atoms with E-state index in [0.29, 0.717) is 11.5 Å². The maximum atomic E-state index is 11.9. The molecular formula is C11H11BrN4O. The summed E-state index contributed by atoms with van der Waals surface area (Å²) in [5, 5.41) is 9.38. The maximum absolute atomic E-state index is 11.9. The average molecular weight is 295 g/mol. The molecule has 17 heavy (non-hydrogen) atoms. The molecule has 0 bridgehead atoms. The second-order valence-corrected chi connectivity index (χ2v) is 4.36. The molecule has 5 nitrogen and oxygen atoms in total. The molecule has 0 aromatic carbocycles. The molecule has 6 heteroatoms. The number of rotatable bonds is 3. The SMILES string of the molecule is CCc1cn[nH]c1NC(=O)c1ccc(Br)cn1. The molecule has 1 amide bonds. The van der Waals surface area contributed by atoms with Crippen LogP contribution < -0.4 is 5.32 Å². The number of hydrogen-bond acceptors (Lipinski definition) is 3. The molecule has 0 aliphatic rings. The van der Waals surface area contributed by atoms with E-state index in [4.69, 9.17) is 0 Å². The van der Waals surface area contributed by atoms with Gasteiger partial charge >= 0.3 is 0 Å². The zero-order valence-corrected chi connectivity index (χ0v) is 10.8. The highest BCUT2D eigenvalue weighted by molar-refractivity contribution is 9.10. The van der Waals surface area contributed by atoms with Gasteiger partial charge in [0.2, 0.25) is 0 Å². The quantitative estimate of drug-likeness (QED) is 0.913. The Kier molecular flexibility index (Phi) is 3.53. The van der Waals surface area contributed by atoms with E-state index >= 15 is 0 Å². The number of amides is 1. The van der Waals surface area contributed by atoms with Crippen LogP contribution in [0.15, 0.2) is 29.0 Å². The number of nitrogens with one attached hydrogen (secondary N) is 2. The van der Waals surface area contributed by atoms with Crippen LogP contribution in [-0.4, -0.2) is 21.1 Å². The van der Waals surface area contributed by atoms with E-state index < -0.39 is 0 Å². The summed E-state index contributed by atoms with van der Waals surface area (Å²) in [7, 11) is 0. The van der Waals surface area contributed by atoms with Gasteiger partial charge < -0.3 is 5.32 Å². The fourth-order valence-corrected chi connectivity index (χ4v) is 1.61. The van der Waals surface area contributed by atoms with E-state index in [0.717, 1.165) is 16.5 Å². The van der Waals surface area contributed by atoms with Crippen LogP contribution in [0, 0.1) is 0 Å². The third-order valence-electron chi connectivity index (χ3n) is 2.30. The molecule has 0 aliphatic carbocycles. The summed E-state index contributed by atoms with van der Waals surface area (Å²) in [4.78, 5) is 15.9. The Morgan fingerprint density at radius 1 is 1.47 bits per heavy atom. The lowest BCUT2D eigenvalue weighted by Crippen LogP contribution is -2.14. The fourth-order valence-electron chi connectivity index (χ4n) is 1.38. The number of aryl methyl sites for hydroxylation is 1. The van der Waals surface area contributed by atoms with E-state index in [-0.39, 0.29) is 5.91 Å². The molecule has 2 heterocycles. The predicted molar refractivity (Wildman–Crippen MR) is 67.9 cm³/mol. The number of halogens is 1. The van der Waals surface area contributed by atoms with Gasteiger partial charge in [-0.25, -0.2) is 4.98 Å². The topological polar surface area (TPSA) is 70.7 Å². The van der Waals surface area contributed by atoms with E-state index in [1.807, 2.05) is 6.92 Å². The molecule has 0 unspecified atom stereocenters. The predicted octanol–water partition coefficient (Wildman–Crippen LogP) is 2.38. The lowest BCUT2D eigenvalue weighted by Gasteiger charge is -2.03. The first-order chi connectivity index (χ1) is 8.20. The zero-order valence-electron chi connectivity index (χ0n) is 9.20. The Hall–Kier alpha value is -1.69. The van der Waals surface area contributed by atoms with Crippen LogP contribution in [0.5, 0.6) is 0 Å². The monoisotopic (exact) mass is 294 g/mol. The van der Waals surface area contributed by atoms with Crippen molar-refractivity contribution in [2.24, 2.45) is 0 Å². The van der Waals surface area contributed by atoms with Crippen LogP contribution in [0.1, 0.15) is 23.0 Å². The average Bonchev–Trinajstić information content (AvgIpc) is 2.77. The van der Waals surface area contributed by atoms with Gasteiger partial charge in [0, 0.05) is 16.2 Å². The van der Waals surface area contributed by atoms with Crippen LogP contribution in [0.2, 0.25) is 0 Å². The summed E-state index contributed by atoms with van der Waals surface area (Å²) >= 11 is 3.27. The molecule has 0 fully saturated rings. The summed E-state index contributed by atoms with van der Waals surface area (Å²) in [6.07, 6.45) is 4.09. The number of nitrogens with zero attached hydrogens (tertiary/aromatic N) is 2. The molecule has 0 spiro atoms. The van der Waals surface area contributed by atoms with E-state index in [1.54, 1.807) is 24.5 Å². The van der Waals surface area contributed by atoms with Gasteiger partial charge in [-0.1, -0.05) is 6.92 Å². The third kappa shape index (κ3) is 2.71. The minimum absolute atomic E-state index is 0.253. The molecule has 0 radical (unpaired) electrons. The normalized spacial score (nSPS) is 10.2. The highest BCUT2D eigenvalue weighted by atomic mass is 79.9. The number of H-pyrrole nitrogens is 1. The van der Waals surface area contributed by atoms with Crippen LogP contribution in [0.4, 0.5) is 5.82 Å². The Morgan fingerprint density at radius 3 is 2.94 bits per heavy atom. The van der Waals surface area contributed by atoms with Gasteiger partial charge in [0.1, 0.15) is 11.5 Å². The van der Waals surface area contributed by atoms with Crippen LogP contribution >= 0.6 is 15.9 Å². The van der Waals surface area contributed by atoms with Crippen molar-refractivity contribution in [2.75, 3.05) is 5.32 Å². The van der Waals surface area contributed by atoms with Gasteiger partial charge in [-0.05, 0) is 34.5 Å². The smallest absolute Gasteiger partial charge is 0.275 e. The molecule has 0 aliphatic heterocycles. The first-order valence-corrected chi connectivity index (χ1v) is 5.95. The van der Waals surface area contributed by atoms with Gasteiger partial charge in [0.25, 0.3) is 5.91 Å². The Bertz CT molecular complexity index is 521. The molecule has 2 aromatic rings. The van der Waals surface area contributed by atoms with Crippen molar-refractivity contribution in [3.05, 3.63) is 40.3 Å². The largest absolute Gasteiger partial charge is 0.305 e. The number of carbonyl (C=O) groups is 1. The molecule has 0 atom stereocenters. The van der Waals surface area contributed by atoms with Crippen molar-refractivity contribution in [1.29, 1.82) is 0 Å². The summed E-state index contributed by atoms with van der Waals surface area (Å²) in [5.41, 5.74) is 1.33. The Labute approximate surface area is 107 Å². The summed E-state index contributed by atoms with van der Waals surface area (Å²) in [6.45, 7) is 2.00. The van der Waals surface area contributed by atoms with Crippen molar-refractivity contribution in [2.45, 2.75) is 13.3 Å². The van der Waals surface area contributed by atoms with Crippen molar-refractivity contribution in [3.8, 4) is 0 Å². The first-order valence-electron chi connectivity index (χ1n) is 5.16. The highest BCUT2D eigenvalue weighted by Gasteiger charge is 2.10. The maximum Gasteiger partial charge on any atom is 0.275 e. The van der Waals surface area contributed by atoms with Crippen molar-refractivity contribution >= 4 is 27.7 Å². The Balaban J connectivity index is 2.14. The van der Waals surface area contributed by atoms with E-state index in [9.17, 15) is 4.79 Å². The lowest BCUT2D eigenvalue weighted by molar-refractivity contribution is 0.102. The number of aromatic nitrogens is 3. The minimum atomic E-state index is -0.253. The molecule has 88 valence electrons. The third-order valence-corrected chi connectivity index (χ3v) is 2.77. The van der Waals surface area contributed by atoms with Crippen LogP contribution in [0.25, 0.3) is 0 Å². The van der Waals surface area contributed by atoms with Gasteiger partial charge in [-0.3, -0.25) is 9.89 Å². The van der Waals surface area contributed by atoms with E-state index in [1.165, 1.54) is 0 Å². The van der Waals surface area contributed by atoms with Crippen molar-refractivity contribution in [3.63, 3.8) is 0 Å². The lowest BCUT2D eigenvalue weighted by atomic mass is 10.2. The highest BCUT2D eigenvalue weighted by Crippen LogP contribution is 2.13. The van der Waals surface area contributed by atoms with Crippen molar-refractivity contribution in [1.82, 2.24) is 15.2 Å². The number of hydrogen-bond donors (Lipinski definition) is 2. The molecule has 2 N–H and O–H groups in total. The second-order valence-electron chi connectivity index (χ2n) is 3.44. The van der Waals surface area contributed by atoms with E-state index in [2.05, 4.69) is 36.4 Å². The van der Waals surface area contributed by atoms with Crippen LogP contribution in [0.3, 0.4) is 0 Å². The van der Waals surface area contributed by atoms with Gasteiger partial charge in [0.05, 0.1) is 6.20 Å². The second kappa shape index (κ2) is 5.09. The molecule has 0 saturated carbocycles. The van der Waals surface area contributed by atoms with Crippen molar-refractivity contribution < 1.29 is 4.79 Å². The van der Waals surface area contributed by atoms with Gasteiger partial charge in [-0.2, -0.15) is 5.10 Å². The minimum Gasteiger partial charge on any atom is -0.305 e.